The zero-order valence-corrected chi connectivity index (χ0v) is 12.1. The first-order chi connectivity index (χ1) is 10.7. The van der Waals surface area contributed by atoms with Gasteiger partial charge in [-0.1, -0.05) is 0 Å². The van der Waals surface area contributed by atoms with Crippen molar-refractivity contribution in [3.63, 3.8) is 0 Å². The molecule has 3 aromatic heterocycles. The van der Waals surface area contributed by atoms with E-state index in [0.29, 0.717) is 6.04 Å². The van der Waals surface area contributed by atoms with Gasteiger partial charge in [0, 0.05) is 23.7 Å². The Morgan fingerprint density at radius 2 is 2.14 bits per heavy atom. The number of hydrogen-bond acceptors (Lipinski definition) is 3. The summed E-state index contributed by atoms with van der Waals surface area (Å²) in [4.78, 5) is 23.0. The van der Waals surface area contributed by atoms with Gasteiger partial charge in [-0.2, -0.15) is 0 Å². The van der Waals surface area contributed by atoms with E-state index in [-0.39, 0.29) is 6.04 Å². The van der Waals surface area contributed by atoms with Crippen molar-refractivity contribution >= 4 is 28.1 Å². The summed E-state index contributed by atoms with van der Waals surface area (Å²) in [6.07, 6.45) is 9.51. The van der Waals surface area contributed by atoms with Crippen LogP contribution >= 0.6 is 0 Å². The largest absolute Gasteiger partial charge is 0.352 e. The number of pyridine rings is 1. The molecular weight excluding hydrogens is 280 g/mol. The highest BCUT2D eigenvalue weighted by Gasteiger charge is 2.24. The second-order valence-electron chi connectivity index (χ2n) is 5.90. The number of aromatic nitrogens is 4. The third-order valence-electron chi connectivity index (χ3n) is 4.55. The summed E-state index contributed by atoms with van der Waals surface area (Å²) in [5.41, 5.74) is 8.15. The number of rotatable bonds is 2. The maximum atomic E-state index is 11.0. The van der Waals surface area contributed by atoms with Crippen molar-refractivity contribution in [2.24, 2.45) is 5.73 Å². The highest BCUT2D eigenvalue weighted by Crippen LogP contribution is 2.33. The van der Waals surface area contributed by atoms with E-state index in [1.807, 2.05) is 24.8 Å². The van der Waals surface area contributed by atoms with Crippen LogP contribution in [0, 0.1) is 0 Å². The van der Waals surface area contributed by atoms with E-state index in [9.17, 15) is 4.79 Å². The summed E-state index contributed by atoms with van der Waals surface area (Å²) in [7, 11) is 0. The summed E-state index contributed by atoms with van der Waals surface area (Å²) in [6.45, 7) is 0. The van der Waals surface area contributed by atoms with E-state index in [1.165, 1.54) is 0 Å². The Hall–Kier alpha value is -2.57. The van der Waals surface area contributed by atoms with Crippen LogP contribution in [0.3, 0.4) is 0 Å². The summed E-state index contributed by atoms with van der Waals surface area (Å²) in [5.74, 6) is 0. The van der Waals surface area contributed by atoms with Crippen LogP contribution < -0.4 is 11.1 Å². The molecule has 0 spiro atoms. The number of carbonyl (C=O) groups excluding carboxylic acids is 1. The zero-order valence-electron chi connectivity index (χ0n) is 12.1. The Kier molecular flexibility index (Phi) is 2.99. The SMILES string of the molecule is NC(=O)NC1CCC(n2cnc3cnc4[nH]ccc4c32)CC1. The minimum atomic E-state index is -0.434. The Morgan fingerprint density at radius 1 is 1.32 bits per heavy atom. The molecule has 2 amide bonds. The maximum Gasteiger partial charge on any atom is 0.312 e. The molecule has 4 rings (SSSR count). The average Bonchev–Trinajstić information content (AvgIpc) is 3.13. The zero-order chi connectivity index (χ0) is 15.1. The van der Waals surface area contributed by atoms with Crippen molar-refractivity contribution in [2.75, 3.05) is 0 Å². The molecule has 0 saturated heterocycles. The molecule has 7 nitrogen and oxygen atoms in total. The molecule has 1 saturated carbocycles. The second kappa shape index (κ2) is 5.01. The number of nitrogens with two attached hydrogens (primary N) is 1. The average molecular weight is 298 g/mol. The third kappa shape index (κ3) is 2.09. The summed E-state index contributed by atoms with van der Waals surface area (Å²) in [5, 5.41) is 3.91. The Labute approximate surface area is 126 Å². The Morgan fingerprint density at radius 3 is 2.91 bits per heavy atom. The highest BCUT2D eigenvalue weighted by atomic mass is 16.2. The van der Waals surface area contributed by atoms with Gasteiger partial charge in [0.2, 0.25) is 0 Å². The lowest BCUT2D eigenvalue weighted by Gasteiger charge is -2.29. The normalized spacial score (nSPS) is 22.2. The van der Waals surface area contributed by atoms with Crippen LogP contribution in [0.2, 0.25) is 0 Å². The van der Waals surface area contributed by atoms with E-state index >= 15 is 0 Å². The number of H-pyrrole nitrogens is 1. The van der Waals surface area contributed by atoms with E-state index in [0.717, 1.165) is 47.8 Å². The molecule has 1 fully saturated rings. The van der Waals surface area contributed by atoms with Crippen LogP contribution in [0.25, 0.3) is 22.1 Å². The first kappa shape index (κ1) is 13.1. The minimum Gasteiger partial charge on any atom is -0.352 e. The monoisotopic (exact) mass is 298 g/mol. The number of carbonyl (C=O) groups is 1. The van der Waals surface area contributed by atoms with Gasteiger partial charge in [-0.3, -0.25) is 0 Å². The third-order valence-corrected chi connectivity index (χ3v) is 4.55. The van der Waals surface area contributed by atoms with Crippen LogP contribution in [-0.4, -0.2) is 31.6 Å². The number of hydrogen-bond donors (Lipinski definition) is 3. The molecule has 3 aromatic rings. The maximum absolute atomic E-state index is 11.0. The molecule has 0 atom stereocenters. The fourth-order valence-corrected chi connectivity index (χ4v) is 3.51. The van der Waals surface area contributed by atoms with Gasteiger partial charge < -0.3 is 20.6 Å². The van der Waals surface area contributed by atoms with Gasteiger partial charge >= 0.3 is 6.03 Å². The Balaban J connectivity index is 1.65. The number of urea groups is 1. The van der Waals surface area contributed by atoms with Crippen LogP contribution in [0.15, 0.2) is 24.8 Å². The molecule has 0 aromatic carbocycles. The molecule has 22 heavy (non-hydrogen) atoms. The molecule has 4 N–H and O–H groups in total. The fourth-order valence-electron chi connectivity index (χ4n) is 3.51. The molecular formula is C15H18N6O. The van der Waals surface area contributed by atoms with Crippen molar-refractivity contribution in [2.45, 2.75) is 37.8 Å². The number of imidazole rings is 1. The molecule has 3 heterocycles. The predicted molar refractivity (Wildman–Crippen MR) is 83.4 cm³/mol. The van der Waals surface area contributed by atoms with Gasteiger partial charge in [0.15, 0.2) is 0 Å². The van der Waals surface area contributed by atoms with Gasteiger partial charge in [-0.15, -0.1) is 0 Å². The van der Waals surface area contributed by atoms with Gasteiger partial charge in [0.05, 0.1) is 18.0 Å². The molecule has 0 radical (unpaired) electrons. The fraction of sp³-hybridized carbons (Fsp3) is 0.400. The van der Waals surface area contributed by atoms with Crippen LogP contribution in [0.1, 0.15) is 31.7 Å². The minimum absolute atomic E-state index is 0.192. The van der Waals surface area contributed by atoms with E-state index in [1.54, 1.807) is 0 Å². The summed E-state index contributed by atoms with van der Waals surface area (Å²) < 4.78 is 2.26. The highest BCUT2D eigenvalue weighted by molar-refractivity contribution is 6.00. The van der Waals surface area contributed by atoms with Gasteiger partial charge in [0.25, 0.3) is 0 Å². The molecule has 0 bridgehead atoms. The van der Waals surface area contributed by atoms with Crippen molar-refractivity contribution in [3.8, 4) is 0 Å². The molecule has 0 aliphatic heterocycles. The number of aromatic amines is 1. The first-order valence-corrected chi connectivity index (χ1v) is 7.57. The van der Waals surface area contributed by atoms with Gasteiger partial charge in [-0.25, -0.2) is 14.8 Å². The van der Waals surface area contributed by atoms with Crippen molar-refractivity contribution < 1.29 is 4.79 Å². The second-order valence-corrected chi connectivity index (χ2v) is 5.90. The molecule has 1 aliphatic carbocycles. The standard InChI is InChI=1S/C15H18N6O/c16-15(22)20-9-1-3-10(4-2-9)21-8-19-12-7-18-14-11(13(12)21)5-6-17-14/h5-10H,1-4H2,(H,17,18)(H3,16,20,22). The number of amides is 2. The van der Waals surface area contributed by atoms with E-state index in [4.69, 9.17) is 5.73 Å². The number of nitrogens with zero attached hydrogens (tertiary/aromatic N) is 3. The van der Waals surface area contributed by atoms with E-state index in [2.05, 4.69) is 24.8 Å². The number of nitrogens with one attached hydrogen (secondary N) is 2. The lowest BCUT2D eigenvalue weighted by molar-refractivity contribution is 0.235. The molecule has 7 heteroatoms. The molecule has 114 valence electrons. The van der Waals surface area contributed by atoms with Crippen molar-refractivity contribution in [3.05, 3.63) is 24.8 Å². The Bertz CT molecular complexity index is 827. The van der Waals surface area contributed by atoms with Crippen LogP contribution in [0.5, 0.6) is 0 Å². The topological polar surface area (TPSA) is 102 Å². The predicted octanol–water partition coefficient (Wildman–Crippen LogP) is 2.06. The number of fused-ring (bicyclic) bond motifs is 3. The van der Waals surface area contributed by atoms with Crippen LogP contribution in [-0.2, 0) is 0 Å². The lowest BCUT2D eigenvalue weighted by atomic mass is 9.91. The summed E-state index contributed by atoms with van der Waals surface area (Å²) >= 11 is 0. The lowest BCUT2D eigenvalue weighted by Crippen LogP contribution is -2.40. The number of primary amides is 1. The molecule has 0 unspecified atom stereocenters. The van der Waals surface area contributed by atoms with Crippen molar-refractivity contribution in [1.82, 2.24) is 24.8 Å². The molecule has 1 aliphatic rings. The quantitative estimate of drug-likeness (QED) is 0.675. The van der Waals surface area contributed by atoms with Crippen LogP contribution in [0.4, 0.5) is 4.79 Å². The summed E-state index contributed by atoms with van der Waals surface area (Å²) in [6, 6.07) is 2.20. The first-order valence-electron chi connectivity index (χ1n) is 7.57. The van der Waals surface area contributed by atoms with Crippen molar-refractivity contribution in [1.29, 1.82) is 0 Å². The van der Waals surface area contributed by atoms with Gasteiger partial charge in [-0.05, 0) is 31.7 Å². The van der Waals surface area contributed by atoms with E-state index < -0.39 is 6.03 Å². The smallest absolute Gasteiger partial charge is 0.312 e. The van der Waals surface area contributed by atoms with Gasteiger partial charge in [0.1, 0.15) is 11.2 Å².